The first-order valence-corrected chi connectivity index (χ1v) is 4.57. The predicted octanol–water partition coefficient (Wildman–Crippen LogP) is 1.62. The summed E-state index contributed by atoms with van der Waals surface area (Å²) in [5.74, 6) is -0.287. The second kappa shape index (κ2) is 5.93. The number of carbonyl (C=O) groups excluding carboxylic acids is 1. The van der Waals surface area contributed by atoms with Crippen LogP contribution in [0.2, 0.25) is 0 Å². The second-order valence-corrected chi connectivity index (χ2v) is 3.08. The number of hydrogen-bond donors (Lipinski definition) is 1. The fourth-order valence-electron chi connectivity index (χ4n) is 1.04. The molecule has 1 rings (SSSR count). The number of hydrogen-bond acceptors (Lipinski definition) is 4. The number of carbonyl (C=O) groups is 1. The van der Waals surface area contributed by atoms with Gasteiger partial charge in [-0.1, -0.05) is 35.5 Å². The SMILES string of the molecule is CC(=O)/C(COCc1ccccc1)=N\O. The number of ether oxygens (including phenoxy) is 1. The standard InChI is InChI=1S/C11H13NO3/c1-9(13)11(12-14)8-15-7-10-5-3-2-4-6-10/h2-6,14H,7-8H2,1H3/b12-11-. The molecule has 0 aliphatic heterocycles. The summed E-state index contributed by atoms with van der Waals surface area (Å²) < 4.78 is 5.22. The molecule has 0 aliphatic rings. The van der Waals surface area contributed by atoms with E-state index in [9.17, 15) is 4.79 Å². The van der Waals surface area contributed by atoms with Gasteiger partial charge in [0.05, 0.1) is 13.2 Å². The highest BCUT2D eigenvalue weighted by Gasteiger charge is 2.06. The Morgan fingerprint density at radius 3 is 2.60 bits per heavy atom. The maximum atomic E-state index is 10.8. The third-order valence-electron chi connectivity index (χ3n) is 1.88. The van der Waals surface area contributed by atoms with Gasteiger partial charge in [-0.25, -0.2) is 0 Å². The van der Waals surface area contributed by atoms with Gasteiger partial charge in [0, 0.05) is 6.92 Å². The van der Waals surface area contributed by atoms with Crippen molar-refractivity contribution in [2.45, 2.75) is 13.5 Å². The molecule has 0 fully saturated rings. The first-order chi connectivity index (χ1) is 7.24. The molecule has 1 aromatic rings. The molecular weight excluding hydrogens is 194 g/mol. The van der Waals surface area contributed by atoms with E-state index in [1.54, 1.807) is 0 Å². The Labute approximate surface area is 88.2 Å². The van der Waals surface area contributed by atoms with E-state index in [1.807, 2.05) is 30.3 Å². The van der Waals surface area contributed by atoms with Gasteiger partial charge in [-0.2, -0.15) is 0 Å². The second-order valence-electron chi connectivity index (χ2n) is 3.08. The van der Waals surface area contributed by atoms with Gasteiger partial charge in [0.1, 0.15) is 5.71 Å². The van der Waals surface area contributed by atoms with Crippen LogP contribution in [0.3, 0.4) is 0 Å². The minimum atomic E-state index is -0.287. The minimum Gasteiger partial charge on any atom is -0.410 e. The van der Waals surface area contributed by atoms with Crippen LogP contribution >= 0.6 is 0 Å². The Bertz CT molecular complexity index is 346. The lowest BCUT2D eigenvalue weighted by atomic mass is 10.2. The van der Waals surface area contributed by atoms with Crippen molar-refractivity contribution in [3.8, 4) is 0 Å². The maximum Gasteiger partial charge on any atom is 0.179 e. The smallest absolute Gasteiger partial charge is 0.179 e. The molecular formula is C11H13NO3. The molecule has 0 atom stereocenters. The van der Waals surface area contributed by atoms with Crippen LogP contribution in [0, 0.1) is 0 Å². The molecule has 80 valence electrons. The molecule has 0 aliphatic carbocycles. The van der Waals surface area contributed by atoms with Crippen molar-refractivity contribution < 1.29 is 14.7 Å². The molecule has 4 nitrogen and oxygen atoms in total. The number of oxime groups is 1. The van der Waals surface area contributed by atoms with Crippen molar-refractivity contribution in [3.63, 3.8) is 0 Å². The molecule has 0 unspecified atom stereocenters. The van der Waals surface area contributed by atoms with Crippen LogP contribution in [-0.4, -0.2) is 23.3 Å². The average Bonchev–Trinajstić information content (AvgIpc) is 2.25. The van der Waals surface area contributed by atoms with Gasteiger partial charge in [0.25, 0.3) is 0 Å². The quantitative estimate of drug-likeness (QED) is 0.453. The van der Waals surface area contributed by atoms with E-state index in [1.165, 1.54) is 6.92 Å². The zero-order valence-electron chi connectivity index (χ0n) is 8.51. The number of ketones is 1. The lowest BCUT2D eigenvalue weighted by molar-refractivity contribution is -0.111. The van der Waals surface area contributed by atoms with E-state index >= 15 is 0 Å². The Morgan fingerprint density at radius 2 is 2.07 bits per heavy atom. The van der Waals surface area contributed by atoms with Crippen LogP contribution in [0.5, 0.6) is 0 Å². The fraction of sp³-hybridized carbons (Fsp3) is 0.273. The first kappa shape index (κ1) is 11.4. The molecule has 0 spiro atoms. The number of benzene rings is 1. The van der Waals surface area contributed by atoms with E-state index in [4.69, 9.17) is 9.94 Å². The molecule has 15 heavy (non-hydrogen) atoms. The lowest BCUT2D eigenvalue weighted by Gasteiger charge is -2.03. The predicted molar refractivity (Wildman–Crippen MR) is 56.0 cm³/mol. The van der Waals surface area contributed by atoms with E-state index in [0.29, 0.717) is 6.61 Å². The van der Waals surface area contributed by atoms with Crippen LogP contribution in [0.15, 0.2) is 35.5 Å². The number of rotatable bonds is 5. The third kappa shape index (κ3) is 3.91. The molecule has 0 heterocycles. The van der Waals surface area contributed by atoms with Crippen molar-refractivity contribution in [1.29, 1.82) is 0 Å². The third-order valence-corrected chi connectivity index (χ3v) is 1.88. The van der Waals surface area contributed by atoms with Crippen LogP contribution in [0.25, 0.3) is 0 Å². The molecule has 0 aromatic heterocycles. The summed E-state index contributed by atoms with van der Waals surface area (Å²) in [7, 11) is 0. The molecule has 1 aromatic carbocycles. The summed E-state index contributed by atoms with van der Waals surface area (Å²) >= 11 is 0. The summed E-state index contributed by atoms with van der Waals surface area (Å²) in [5, 5.41) is 11.3. The first-order valence-electron chi connectivity index (χ1n) is 4.57. The van der Waals surface area contributed by atoms with Gasteiger partial charge in [-0.05, 0) is 5.56 Å². The van der Waals surface area contributed by atoms with Crippen molar-refractivity contribution in [2.75, 3.05) is 6.61 Å². The highest BCUT2D eigenvalue weighted by molar-refractivity contribution is 6.39. The van der Waals surface area contributed by atoms with Crippen molar-refractivity contribution in [2.24, 2.45) is 5.16 Å². The van der Waals surface area contributed by atoms with Crippen LogP contribution in [0.1, 0.15) is 12.5 Å². The topological polar surface area (TPSA) is 58.9 Å². The zero-order valence-corrected chi connectivity index (χ0v) is 8.51. The summed E-state index contributed by atoms with van der Waals surface area (Å²) in [6, 6.07) is 9.57. The fourth-order valence-corrected chi connectivity index (χ4v) is 1.04. The minimum absolute atomic E-state index is 0.0285. The Balaban J connectivity index is 2.37. The van der Waals surface area contributed by atoms with Gasteiger partial charge >= 0.3 is 0 Å². The number of nitrogens with zero attached hydrogens (tertiary/aromatic N) is 1. The molecule has 0 amide bonds. The van der Waals surface area contributed by atoms with Gasteiger partial charge in [-0.15, -0.1) is 0 Å². The molecule has 0 saturated heterocycles. The van der Waals surface area contributed by atoms with Gasteiger partial charge < -0.3 is 9.94 Å². The van der Waals surface area contributed by atoms with E-state index < -0.39 is 0 Å². The highest BCUT2D eigenvalue weighted by Crippen LogP contribution is 2.00. The molecule has 4 heteroatoms. The molecule has 1 N–H and O–H groups in total. The van der Waals surface area contributed by atoms with Crippen molar-refractivity contribution in [1.82, 2.24) is 0 Å². The molecule has 0 bridgehead atoms. The van der Waals surface area contributed by atoms with Crippen LogP contribution in [0.4, 0.5) is 0 Å². The van der Waals surface area contributed by atoms with Crippen LogP contribution < -0.4 is 0 Å². The van der Waals surface area contributed by atoms with Crippen molar-refractivity contribution in [3.05, 3.63) is 35.9 Å². The van der Waals surface area contributed by atoms with E-state index in [0.717, 1.165) is 5.56 Å². The maximum absolute atomic E-state index is 10.8. The van der Waals surface area contributed by atoms with Gasteiger partial charge in [0.15, 0.2) is 5.78 Å². The Hall–Kier alpha value is -1.68. The summed E-state index contributed by atoms with van der Waals surface area (Å²) in [5.41, 5.74) is 1.05. The molecule has 0 saturated carbocycles. The summed E-state index contributed by atoms with van der Waals surface area (Å²) in [6.07, 6.45) is 0. The summed E-state index contributed by atoms with van der Waals surface area (Å²) in [6.45, 7) is 1.76. The molecule has 0 radical (unpaired) electrons. The van der Waals surface area contributed by atoms with Gasteiger partial charge in [0.2, 0.25) is 0 Å². The lowest BCUT2D eigenvalue weighted by Crippen LogP contribution is -2.17. The van der Waals surface area contributed by atoms with Crippen molar-refractivity contribution >= 4 is 11.5 Å². The average molecular weight is 207 g/mol. The largest absolute Gasteiger partial charge is 0.410 e. The Morgan fingerprint density at radius 1 is 1.40 bits per heavy atom. The zero-order chi connectivity index (χ0) is 11.1. The summed E-state index contributed by atoms with van der Waals surface area (Å²) in [4.78, 5) is 10.8. The van der Waals surface area contributed by atoms with Crippen LogP contribution in [-0.2, 0) is 16.1 Å². The van der Waals surface area contributed by atoms with E-state index in [-0.39, 0.29) is 18.1 Å². The highest BCUT2D eigenvalue weighted by atomic mass is 16.5. The Kier molecular flexibility index (Phi) is 4.50. The van der Waals surface area contributed by atoms with Gasteiger partial charge in [-0.3, -0.25) is 4.79 Å². The number of Topliss-reactive ketones (excluding diaryl/α,β-unsaturated/α-hetero) is 1. The monoisotopic (exact) mass is 207 g/mol. The van der Waals surface area contributed by atoms with E-state index in [2.05, 4.69) is 5.16 Å². The normalized spacial score (nSPS) is 11.4.